The number of hydrogen-bond acceptors (Lipinski definition) is 5. The van der Waals surface area contributed by atoms with Crippen molar-refractivity contribution >= 4 is 11.4 Å². The molecular formula is C19H28N4O. The highest BCUT2D eigenvalue weighted by molar-refractivity contribution is 5.42. The first kappa shape index (κ1) is 18.3. The van der Waals surface area contributed by atoms with Gasteiger partial charge in [0.05, 0.1) is 6.10 Å². The van der Waals surface area contributed by atoms with Crippen LogP contribution >= 0.6 is 0 Å². The van der Waals surface area contributed by atoms with Crippen LogP contribution in [0.25, 0.3) is 0 Å². The van der Waals surface area contributed by atoms with E-state index in [1.54, 1.807) is 0 Å². The van der Waals surface area contributed by atoms with Gasteiger partial charge in [-0.15, -0.1) is 0 Å². The zero-order chi connectivity index (χ0) is 17.5. The van der Waals surface area contributed by atoms with Crippen molar-refractivity contribution < 1.29 is 5.11 Å². The molecule has 24 heavy (non-hydrogen) atoms. The van der Waals surface area contributed by atoms with Gasteiger partial charge in [-0.25, -0.2) is 0 Å². The standard InChI is InChI=1S/C19H28N4O/c1-13(15-5-3-7-17(20)9-15)22-11-19(24)12-23-14(2)16-6-4-8-18(21)10-16/h3-10,13-14,19,22-24H,11-12,20-21H2,1-2H3. The summed E-state index contributed by atoms with van der Waals surface area (Å²) in [5, 5.41) is 16.8. The quantitative estimate of drug-likeness (QED) is 0.479. The molecule has 2 atom stereocenters. The molecule has 5 nitrogen and oxygen atoms in total. The fraction of sp³-hybridized carbons (Fsp3) is 0.368. The van der Waals surface area contributed by atoms with Crippen LogP contribution < -0.4 is 22.1 Å². The normalized spacial score (nSPS) is 15.0. The Morgan fingerprint density at radius 1 is 0.833 bits per heavy atom. The topological polar surface area (TPSA) is 96.3 Å². The van der Waals surface area contributed by atoms with Crippen LogP contribution in [0.2, 0.25) is 0 Å². The summed E-state index contributed by atoms with van der Waals surface area (Å²) >= 11 is 0. The summed E-state index contributed by atoms with van der Waals surface area (Å²) in [5.74, 6) is 0. The second-order valence-corrected chi connectivity index (χ2v) is 6.25. The van der Waals surface area contributed by atoms with E-state index in [-0.39, 0.29) is 12.1 Å². The fourth-order valence-corrected chi connectivity index (χ4v) is 2.59. The van der Waals surface area contributed by atoms with E-state index in [1.807, 2.05) is 48.5 Å². The Labute approximate surface area is 144 Å². The lowest BCUT2D eigenvalue weighted by Crippen LogP contribution is -2.37. The molecule has 0 amide bonds. The Kier molecular flexibility index (Phi) is 6.61. The SMILES string of the molecule is CC(NCC(O)CNC(C)c1cccc(N)c1)c1cccc(N)c1. The van der Waals surface area contributed by atoms with Crippen molar-refractivity contribution in [2.75, 3.05) is 24.6 Å². The molecule has 0 spiro atoms. The summed E-state index contributed by atoms with van der Waals surface area (Å²) in [6.45, 7) is 5.13. The maximum absolute atomic E-state index is 10.2. The van der Waals surface area contributed by atoms with Crippen molar-refractivity contribution in [3.8, 4) is 0 Å². The number of aliphatic hydroxyl groups excluding tert-OH is 1. The Morgan fingerprint density at radius 2 is 1.25 bits per heavy atom. The van der Waals surface area contributed by atoms with Crippen molar-refractivity contribution in [1.29, 1.82) is 0 Å². The molecule has 0 saturated heterocycles. The molecule has 5 heteroatoms. The molecular weight excluding hydrogens is 300 g/mol. The van der Waals surface area contributed by atoms with E-state index in [2.05, 4.69) is 24.5 Å². The zero-order valence-corrected chi connectivity index (χ0v) is 14.4. The van der Waals surface area contributed by atoms with Crippen LogP contribution in [0.4, 0.5) is 11.4 Å². The van der Waals surface area contributed by atoms with E-state index in [0.29, 0.717) is 13.1 Å². The minimum absolute atomic E-state index is 0.134. The lowest BCUT2D eigenvalue weighted by Gasteiger charge is -2.20. The number of anilines is 2. The molecule has 2 rings (SSSR count). The maximum atomic E-state index is 10.2. The number of benzene rings is 2. The van der Waals surface area contributed by atoms with Gasteiger partial charge in [0, 0.05) is 36.5 Å². The van der Waals surface area contributed by atoms with Gasteiger partial charge in [0.2, 0.25) is 0 Å². The predicted molar refractivity (Wildman–Crippen MR) is 101 cm³/mol. The van der Waals surface area contributed by atoms with Gasteiger partial charge in [0.1, 0.15) is 0 Å². The minimum atomic E-state index is -0.475. The van der Waals surface area contributed by atoms with Crippen LogP contribution in [0.1, 0.15) is 37.1 Å². The second-order valence-electron chi connectivity index (χ2n) is 6.25. The third-order valence-corrected chi connectivity index (χ3v) is 4.14. The molecule has 0 aliphatic carbocycles. The summed E-state index contributed by atoms with van der Waals surface area (Å²) in [5.41, 5.74) is 15.3. The van der Waals surface area contributed by atoms with Crippen LogP contribution in [-0.2, 0) is 0 Å². The zero-order valence-electron chi connectivity index (χ0n) is 14.4. The summed E-state index contributed by atoms with van der Waals surface area (Å²) in [7, 11) is 0. The Bertz CT molecular complexity index is 591. The third kappa shape index (κ3) is 5.53. The Morgan fingerprint density at radius 3 is 1.62 bits per heavy atom. The van der Waals surface area contributed by atoms with Gasteiger partial charge >= 0.3 is 0 Å². The van der Waals surface area contributed by atoms with Crippen molar-refractivity contribution in [3.63, 3.8) is 0 Å². The second kappa shape index (κ2) is 8.68. The van der Waals surface area contributed by atoms with Gasteiger partial charge in [-0.2, -0.15) is 0 Å². The van der Waals surface area contributed by atoms with Gasteiger partial charge in [0.25, 0.3) is 0 Å². The highest BCUT2D eigenvalue weighted by Crippen LogP contribution is 2.16. The highest BCUT2D eigenvalue weighted by atomic mass is 16.3. The molecule has 0 saturated carbocycles. The van der Waals surface area contributed by atoms with E-state index in [4.69, 9.17) is 11.5 Å². The van der Waals surface area contributed by atoms with E-state index in [9.17, 15) is 5.11 Å². The smallest absolute Gasteiger partial charge is 0.0789 e. The van der Waals surface area contributed by atoms with Crippen LogP contribution in [0, 0.1) is 0 Å². The van der Waals surface area contributed by atoms with Crippen LogP contribution in [-0.4, -0.2) is 24.3 Å². The van der Waals surface area contributed by atoms with Crippen LogP contribution in [0.15, 0.2) is 48.5 Å². The summed E-state index contributed by atoms with van der Waals surface area (Å²) < 4.78 is 0. The number of hydrogen-bond donors (Lipinski definition) is 5. The first-order valence-corrected chi connectivity index (χ1v) is 8.31. The molecule has 0 fully saturated rings. The summed E-state index contributed by atoms with van der Waals surface area (Å²) in [6.07, 6.45) is -0.475. The van der Waals surface area contributed by atoms with Crippen molar-refractivity contribution in [2.24, 2.45) is 0 Å². The minimum Gasteiger partial charge on any atom is -0.399 e. The van der Waals surface area contributed by atoms with Gasteiger partial charge in [0.15, 0.2) is 0 Å². The van der Waals surface area contributed by atoms with Gasteiger partial charge in [-0.1, -0.05) is 24.3 Å². The number of nitrogen functional groups attached to an aromatic ring is 2. The lowest BCUT2D eigenvalue weighted by molar-refractivity contribution is 0.161. The molecule has 0 aromatic heterocycles. The number of nitrogens with two attached hydrogens (primary N) is 2. The number of rotatable bonds is 8. The van der Waals surface area contributed by atoms with Gasteiger partial charge in [-0.3, -0.25) is 0 Å². The van der Waals surface area contributed by atoms with Crippen molar-refractivity contribution in [2.45, 2.75) is 32.0 Å². The average Bonchev–Trinajstić information content (AvgIpc) is 2.57. The third-order valence-electron chi connectivity index (χ3n) is 4.14. The molecule has 130 valence electrons. The molecule has 7 N–H and O–H groups in total. The van der Waals surface area contributed by atoms with Crippen molar-refractivity contribution in [1.82, 2.24) is 10.6 Å². The molecule has 2 aromatic carbocycles. The first-order valence-electron chi connectivity index (χ1n) is 8.31. The number of nitrogens with one attached hydrogen (secondary N) is 2. The molecule has 2 unspecified atom stereocenters. The summed E-state index contributed by atoms with van der Waals surface area (Å²) in [4.78, 5) is 0. The van der Waals surface area contributed by atoms with Crippen molar-refractivity contribution in [3.05, 3.63) is 59.7 Å². The summed E-state index contributed by atoms with van der Waals surface area (Å²) in [6, 6.07) is 15.8. The predicted octanol–water partition coefficient (Wildman–Crippen LogP) is 2.21. The maximum Gasteiger partial charge on any atom is 0.0789 e. The molecule has 0 radical (unpaired) electrons. The van der Waals surface area contributed by atoms with E-state index >= 15 is 0 Å². The van der Waals surface area contributed by atoms with Crippen LogP contribution in [0.5, 0.6) is 0 Å². The molecule has 0 bridgehead atoms. The van der Waals surface area contributed by atoms with E-state index in [1.165, 1.54) is 0 Å². The van der Waals surface area contributed by atoms with E-state index < -0.39 is 6.10 Å². The van der Waals surface area contributed by atoms with Gasteiger partial charge < -0.3 is 27.2 Å². The van der Waals surface area contributed by atoms with Crippen LogP contribution in [0.3, 0.4) is 0 Å². The molecule has 0 heterocycles. The highest BCUT2D eigenvalue weighted by Gasteiger charge is 2.11. The Hall–Kier alpha value is -2.08. The Balaban J connectivity index is 1.76. The van der Waals surface area contributed by atoms with E-state index in [0.717, 1.165) is 22.5 Å². The largest absolute Gasteiger partial charge is 0.399 e. The molecule has 0 aliphatic heterocycles. The first-order chi connectivity index (χ1) is 11.5. The lowest BCUT2D eigenvalue weighted by atomic mass is 10.1. The fourth-order valence-electron chi connectivity index (χ4n) is 2.59. The average molecular weight is 328 g/mol. The monoisotopic (exact) mass is 328 g/mol. The van der Waals surface area contributed by atoms with Gasteiger partial charge in [-0.05, 0) is 49.2 Å². The molecule has 0 aliphatic rings. The number of aliphatic hydroxyl groups is 1. The molecule has 2 aromatic rings.